The van der Waals surface area contributed by atoms with Gasteiger partial charge in [0.15, 0.2) is 0 Å². The Balaban J connectivity index is 0.000000342. The van der Waals surface area contributed by atoms with Gasteiger partial charge in [-0.2, -0.15) is 0 Å². The largest absolute Gasteiger partial charge is 0.469 e. The predicted octanol–water partition coefficient (Wildman–Crippen LogP) is 3.79. The molecular weight excluding hydrogens is 572 g/mol. The molecule has 2 heterocycles. The van der Waals surface area contributed by atoms with E-state index in [1.54, 1.807) is 41.5 Å². The van der Waals surface area contributed by atoms with Gasteiger partial charge in [-0.3, -0.25) is 19.3 Å². The van der Waals surface area contributed by atoms with E-state index in [0.29, 0.717) is 25.8 Å². The van der Waals surface area contributed by atoms with Crippen LogP contribution in [0.3, 0.4) is 0 Å². The van der Waals surface area contributed by atoms with E-state index in [9.17, 15) is 24.0 Å². The topological polar surface area (TPSA) is 147 Å². The summed E-state index contributed by atoms with van der Waals surface area (Å²) < 4.78 is 25.7. The Hall–Kier alpha value is -3.67. The first-order valence-corrected chi connectivity index (χ1v) is 14.9. The molecule has 2 fully saturated rings. The Morgan fingerprint density at radius 2 is 1.32 bits per heavy atom. The molecule has 3 rings (SSSR count). The van der Waals surface area contributed by atoms with E-state index in [2.05, 4.69) is 5.32 Å². The number of carbonyl (C=O) groups excluding carboxylic acids is 5. The van der Waals surface area contributed by atoms with E-state index >= 15 is 0 Å². The fourth-order valence-corrected chi connectivity index (χ4v) is 4.96. The quantitative estimate of drug-likeness (QED) is 0.366. The van der Waals surface area contributed by atoms with Crippen LogP contribution in [0.25, 0.3) is 0 Å². The zero-order chi connectivity index (χ0) is 33.1. The molecule has 12 heteroatoms. The van der Waals surface area contributed by atoms with Crippen LogP contribution in [0.5, 0.6) is 0 Å². The van der Waals surface area contributed by atoms with Crippen molar-refractivity contribution in [1.29, 1.82) is 0 Å². The van der Waals surface area contributed by atoms with Gasteiger partial charge in [0, 0.05) is 6.54 Å². The van der Waals surface area contributed by atoms with Gasteiger partial charge in [0.1, 0.15) is 29.9 Å². The Kier molecular flexibility index (Phi) is 13.6. The molecular formula is C32H48N2O10. The van der Waals surface area contributed by atoms with Gasteiger partial charge < -0.3 is 29.0 Å². The Labute approximate surface area is 260 Å². The van der Waals surface area contributed by atoms with Crippen LogP contribution < -0.4 is 5.32 Å². The van der Waals surface area contributed by atoms with Crippen molar-refractivity contribution in [2.75, 3.05) is 27.3 Å². The number of amides is 1. The molecule has 12 nitrogen and oxygen atoms in total. The minimum absolute atomic E-state index is 0.0834. The van der Waals surface area contributed by atoms with Crippen LogP contribution in [0, 0.1) is 11.8 Å². The molecule has 2 aliphatic heterocycles. The summed E-state index contributed by atoms with van der Waals surface area (Å²) in [5.41, 5.74) is -0.452. The lowest BCUT2D eigenvalue weighted by Gasteiger charge is -2.38. The number of nitrogens with one attached hydrogen (secondary N) is 1. The second kappa shape index (κ2) is 16.4. The maximum atomic E-state index is 12.8. The minimum atomic E-state index is -1.06. The summed E-state index contributed by atoms with van der Waals surface area (Å²) >= 11 is 0. The van der Waals surface area contributed by atoms with Gasteiger partial charge in [0.05, 0.1) is 26.1 Å². The maximum Gasteiger partial charge on any atom is 0.410 e. The maximum absolute atomic E-state index is 12.8. The van der Waals surface area contributed by atoms with Gasteiger partial charge in [-0.05, 0) is 79.3 Å². The first-order chi connectivity index (χ1) is 20.6. The van der Waals surface area contributed by atoms with Crippen molar-refractivity contribution in [2.45, 2.75) is 97.1 Å². The molecule has 44 heavy (non-hydrogen) atoms. The van der Waals surface area contributed by atoms with E-state index in [-0.39, 0.29) is 18.5 Å². The molecule has 2 aliphatic rings. The number of ether oxygens (including phenoxy) is 5. The lowest BCUT2D eigenvalue weighted by molar-refractivity contribution is -0.170. The van der Waals surface area contributed by atoms with Gasteiger partial charge in [-0.25, -0.2) is 9.59 Å². The summed E-state index contributed by atoms with van der Waals surface area (Å²) in [5, 5.41) is 3.03. The fourth-order valence-electron chi connectivity index (χ4n) is 4.96. The first-order valence-electron chi connectivity index (χ1n) is 14.9. The van der Waals surface area contributed by atoms with Crippen LogP contribution in [0.2, 0.25) is 0 Å². The number of piperidine rings is 2. The molecule has 246 valence electrons. The van der Waals surface area contributed by atoms with Gasteiger partial charge in [-0.15, -0.1) is 0 Å². The highest BCUT2D eigenvalue weighted by Crippen LogP contribution is 2.28. The molecule has 2 saturated heterocycles. The second-order valence-electron chi connectivity index (χ2n) is 12.7. The van der Waals surface area contributed by atoms with Crippen LogP contribution in [0.1, 0.15) is 72.8 Å². The average molecular weight is 621 g/mol. The van der Waals surface area contributed by atoms with Crippen molar-refractivity contribution >= 4 is 30.0 Å². The molecule has 1 aromatic rings. The van der Waals surface area contributed by atoms with Crippen molar-refractivity contribution in [3.05, 3.63) is 35.9 Å². The number of rotatable bonds is 6. The molecule has 1 N–H and O–H groups in total. The highest BCUT2D eigenvalue weighted by Gasteiger charge is 2.46. The van der Waals surface area contributed by atoms with Crippen molar-refractivity contribution < 1.29 is 47.7 Å². The van der Waals surface area contributed by atoms with Crippen molar-refractivity contribution in [1.82, 2.24) is 10.2 Å². The number of benzene rings is 1. The molecule has 1 amide bonds. The van der Waals surface area contributed by atoms with Crippen LogP contribution in [-0.2, 0) is 49.5 Å². The third kappa shape index (κ3) is 11.4. The summed E-state index contributed by atoms with van der Waals surface area (Å²) in [6, 6.07) is 7.60. The summed E-state index contributed by atoms with van der Waals surface area (Å²) in [7, 11) is 2.60. The van der Waals surface area contributed by atoms with Gasteiger partial charge in [-0.1, -0.05) is 30.3 Å². The zero-order valence-corrected chi connectivity index (χ0v) is 27.2. The first kappa shape index (κ1) is 36.5. The minimum Gasteiger partial charge on any atom is -0.469 e. The molecule has 4 unspecified atom stereocenters. The highest BCUT2D eigenvalue weighted by molar-refractivity contribution is 5.88. The van der Waals surface area contributed by atoms with Crippen LogP contribution in [-0.4, -0.2) is 85.5 Å². The van der Waals surface area contributed by atoms with Crippen LogP contribution >= 0.6 is 0 Å². The molecule has 0 radical (unpaired) electrons. The molecule has 1 aromatic carbocycles. The Bertz CT molecular complexity index is 1130. The Morgan fingerprint density at radius 3 is 1.89 bits per heavy atom. The standard InChI is InChI=1S/C20H27NO6.C12H21NO4/c1-20(2,3)27-18(23)16-15(17(22)25-4)11-8-12-21(16)19(24)26-13-14-9-6-5-7-10-14;1-12(2,3)17-11(15)9-8(10(14)16-4)6-5-7-13-9/h5-7,9-10,15-16H,8,11-13H2,1-4H3;8-9,13H,5-7H2,1-4H3. The number of methoxy groups -OCH3 is 2. The summed E-state index contributed by atoms with van der Waals surface area (Å²) in [5.74, 6) is -3.12. The lowest BCUT2D eigenvalue weighted by atomic mass is 9.89. The van der Waals surface area contributed by atoms with Crippen molar-refractivity contribution in [2.24, 2.45) is 11.8 Å². The molecule has 4 atom stereocenters. The van der Waals surface area contributed by atoms with E-state index in [4.69, 9.17) is 23.7 Å². The number of likely N-dealkylation sites (tertiary alicyclic amines) is 1. The predicted molar refractivity (Wildman–Crippen MR) is 160 cm³/mol. The van der Waals surface area contributed by atoms with E-state index in [0.717, 1.165) is 18.5 Å². The zero-order valence-electron chi connectivity index (χ0n) is 27.2. The molecule has 0 spiro atoms. The number of esters is 4. The Morgan fingerprint density at radius 1 is 0.773 bits per heavy atom. The summed E-state index contributed by atoms with van der Waals surface area (Å²) in [4.78, 5) is 62.4. The monoisotopic (exact) mass is 620 g/mol. The third-order valence-corrected chi connectivity index (χ3v) is 6.85. The summed E-state index contributed by atoms with van der Waals surface area (Å²) in [6.45, 7) is 11.7. The smallest absolute Gasteiger partial charge is 0.410 e. The fraction of sp³-hybridized carbons (Fsp3) is 0.656. The number of carbonyl (C=O) groups is 5. The number of nitrogens with zero attached hydrogens (tertiary/aromatic N) is 1. The number of hydrogen-bond donors (Lipinski definition) is 1. The third-order valence-electron chi connectivity index (χ3n) is 6.85. The normalized spacial score (nSPS) is 22.0. The van der Waals surface area contributed by atoms with Gasteiger partial charge in [0.25, 0.3) is 0 Å². The van der Waals surface area contributed by atoms with Crippen molar-refractivity contribution in [3.8, 4) is 0 Å². The van der Waals surface area contributed by atoms with E-state index in [1.165, 1.54) is 19.1 Å². The van der Waals surface area contributed by atoms with Gasteiger partial charge >= 0.3 is 30.0 Å². The van der Waals surface area contributed by atoms with Crippen LogP contribution in [0.4, 0.5) is 4.79 Å². The SMILES string of the molecule is COC(=O)C1CCCN(C(=O)OCc2ccccc2)C1C(=O)OC(C)(C)C.COC(=O)C1CCCNC1C(=O)OC(C)(C)C. The number of hydrogen-bond acceptors (Lipinski definition) is 11. The molecule has 0 saturated carbocycles. The average Bonchev–Trinajstić information content (AvgIpc) is 2.97. The molecule has 0 aliphatic carbocycles. The van der Waals surface area contributed by atoms with Crippen molar-refractivity contribution in [3.63, 3.8) is 0 Å². The molecule has 0 bridgehead atoms. The summed E-state index contributed by atoms with van der Waals surface area (Å²) in [6.07, 6.45) is 1.88. The second-order valence-corrected chi connectivity index (χ2v) is 12.7. The highest BCUT2D eigenvalue weighted by atomic mass is 16.6. The van der Waals surface area contributed by atoms with Gasteiger partial charge in [0.2, 0.25) is 0 Å². The van der Waals surface area contributed by atoms with E-state index in [1.807, 2.05) is 30.3 Å². The van der Waals surface area contributed by atoms with Crippen LogP contribution in [0.15, 0.2) is 30.3 Å². The molecule has 0 aromatic heterocycles. The van der Waals surface area contributed by atoms with E-state index < -0.39 is 53.2 Å². The lowest BCUT2D eigenvalue weighted by Crippen LogP contribution is -2.56.